The molecule has 30 heavy (non-hydrogen) atoms. The maximum Gasteiger partial charge on any atom is 0.165 e. The lowest BCUT2D eigenvalue weighted by molar-refractivity contribution is -0.127. The maximum absolute atomic E-state index is 13.5. The molecular weight excluding hydrogens is 370 g/mol. The van der Waals surface area contributed by atoms with Gasteiger partial charge in [-0.25, -0.2) is 0 Å². The van der Waals surface area contributed by atoms with Crippen molar-refractivity contribution in [2.45, 2.75) is 44.9 Å². The third kappa shape index (κ3) is 2.89. The minimum atomic E-state index is -0.233. The Morgan fingerprint density at radius 2 is 1.97 bits per heavy atom. The lowest BCUT2D eigenvalue weighted by Crippen LogP contribution is -2.42. The summed E-state index contributed by atoms with van der Waals surface area (Å²) in [5.41, 5.74) is 5.30. The molecule has 0 aliphatic heterocycles. The first-order valence-corrected chi connectivity index (χ1v) is 11.0. The highest BCUT2D eigenvalue weighted by atomic mass is 16.5. The Balaban J connectivity index is 1.45. The Hall–Kier alpha value is -2.86. The van der Waals surface area contributed by atoms with Gasteiger partial charge in [-0.2, -0.15) is 5.26 Å². The van der Waals surface area contributed by atoms with Crippen LogP contribution in [0.3, 0.4) is 0 Å². The van der Waals surface area contributed by atoms with Gasteiger partial charge in [-0.15, -0.1) is 0 Å². The number of hydrogen-bond donors (Lipinski definition) is 0. The van der Waals surface area contributed by atoms with Crippen LogP contribution < -0.4 is 4.74 Å². The minimum Gasteiger partial charge on any atom is -0.497 e. The van der Waals surface area contributed by atoms with Crippen molar-refractivity contribution < 1.29 is 9.53 Å². The summed E-state index contributed by atoms with van der Waals surface area (Å²) in [5, 5.41) is 9.01. The number of nitrogens with zero attached hydrogens (tertiary/aromatic N) is 1. The minimum absolute atomic E-state index is 0.233. The van der Waals surface area contributed by atoms with Gasteiger partial charge in [-0.05, 0) is 102 Å². The molecule has 0 amide bonds. The average molecular weight is 398 g/mol. The van der Waals surface area contributed by atoms with Crippen molar-refractivity contribution in [3.8, 4) is 11.8 Å². The van der Waals surface area contributed by atoms with Crippen molar-refractivity contribution in [1.82, 2.24) is 0 Å². The number of methoxy groups -OCH3 is 1. The van der Waals surface area contributed by atoms with Crippen molar-refractivity contribution in [2.24, 2.45) is 17.3 Å². The van der Waals surface area contributed by atoms with Gasteiger partial charge in [0.1, 0.15) is 5.75 Å². The Morgan fingerprint density at radius 1 is 1.17 bits per heavy atom. The summed E-state index contributed by atoms with van der Waals surface area (Å²) in [7, 11) is 1.73. The molecule has 3 aliphatic carbocycles. The maximum atomic E-state index is 13.5. The van der Waals surface area contributed by atoms with Crippen molar-refractivity contribution in [2.75, 3.05) is 7.11 Å². The molecule has 0 spiro atoms. The van der Waals surface area contributed by atoms with Crippen LogP contribution in [0.1, 0.15) is 60.8 Å². The highest BCUT2D eigenvalue weighted by Gasteiger charge is 2.56. The molecule has 5 rings (SSSR count). The van der Waals surface area contributed by atoms with Gasteiger partial charge in [0.15, 0.2) is 5.78 Å². The summed E-state index contributed by atoms with van der Waals surface area (Å²) < 4.78 is 5.43. The van der Waals surface area contributed by atoms with E-state index in [1.54, 1.807) is 7.11 Å². The molecular formula is C27H27NO2. The molecule has 4 atom stereocenters. The first kappa shape index (κ1) is 19.1. The molecule has 3 heteroatoms. The van der Waals surface area contributed by atoms with Gasteiger partial charge in [0.2, 0.25) is 0 Å². The fraction of sp³-hybridized carbons (Fsp3) is 0.407. The molecule has 152 valence electrons. The fourth-order valence-corrected chi connectivity index (χ4v) is 6.34. The van der Waals surface area contributed by atoms with E-state index in [1.807, 2.05) is 24.3 Å². The Kier molecular flexibility index (Phi) is 4.54. The largest absolute Gasteiger partial charge is 0.497 e. The molecule has 3 nitrogen and oxygen atoms in total. The van der Waals surface area contributed by atoms with Crippen molar-refractivity contribution in [3.63, 3.8) is 0 Å². The van der Waals surface area contributed by atoms with E-state index in [0.29, 0.717) is 29.1 Å². The van der Waals surface area contributed by atoms with Gasteiger partial charge in [0.05, 0.1) is 18.7 Å². The number of carbonyl (C=O) groups is 1. The van der Waals surface area contributed by atoms with E-state index in [4.69, 9.17) is 10.00 Å². The molecule has 0 heterocycles. The van der Waals surface area contributed by atoms with E-state index in [2.05, 4.69) is 37.3 Å². The first-order valence-electron chi connectivity index (χ1n) is 11.0. The molecule has 4 unspecified atom stereocenters. The van der Waals surface area contributed by atoms with Gasteiger partial charge in [-0.1, -0.05) is 25.1 Å². The number of Topliss-reactive ketones (excluding diaryl/α,β-unsaturated/α-hetero) is 1. The van der Waals surface area contributed by atoms with Crippen LogP contribution >= 0.6 is 0 Å². The lowest BCUT2D eigenvalue weighted by atomic mass is 9.55. The lowest BCUT2D eigenvalue weighted by Gasteiger charge is -2.48. The van der Waals surface area contributed by atoms with Crippen LogP contribution in [-0.4, -0.2) is 12.9 Å². The third-order valence-corrected chi connectivity index (χ3v) is 7.95. The van der Waals surface area contributed by atoms with Gasteiger partial charge >= 0.3 is 0 Å². The van der Waals surface area contributed by atoms with Crippen LogP contribution in [0.15, 0.2) is 48.0 Å². The Morgan fingerprint density at radius 3 is 2.70 bits per heavy atom. The number of rotatable bonds is 2. The van der Waals surface area contributed by atoms with Crippen LogP contribution in [0.25, 0.3) is 6.08 Å². The van der Waals surface area contributed by atoms with E-state index < -0.39 is 0 Å². The molecule has 0 N–H and O–H groups in total. The van der Waals surface area contributed by atoms with Crippen molar-refractivity contribution in [1.29, 1.82) is 5.26 Å². The molecule has 0 saturated heterocycles. The van der Waals surface area contributed by atoms with Gasteiger partial charge in [0, 0.05) is 5.41 Å². The predicted octanol–water partition coefficient (Wildman–Crippen LogP) is 5.69. The van der Waals surface area contributed by atoms with E-state index in [1.165, 1.54) is 11.1 Å². The number of ether oxygens (including phenoxy) is 1. The molecule has 2 fully saturated rings. The quantitative estimate of drug-likeness (QED) is 0.612. The smallest absolute Gasteiger partial charge is 0.165 e. The van der Waals surface area contributed by atoms with Crippen LogP contribution in [0.5, 0.6) is 5.75 Å². The van der Waals surface area contributed by atoms with Crippen LogP contribution in [0.2, 0.25) is 0 Å². The molecule has 2 saturated carbocycles. The van der Waals surface area contributed by atoms with Gasteiger partial charge in [-0.3, -0.25) is 4.79 Å². The number of hydrogen-bond acceptors (Lipinski definition) is 3. The number of nitriles is 1. The monoisotopic (exact) mass is 397 g/mol. The third-order valence-electron chi connectivity index (χ3n) is 7.95. The SMILES string of the molecule is COc1ccc2c(c1)CCC1C2CCC2(C)C(=O)/C(=C/c3ccc(C#N)cc3)CC12. The van der Waals surface area contributed by atoms with Crippen LogP contribution in [-0.2, 0) is 11.2 Å². The second-order valence-electron chi connectivity index (χ2n) is 9.37. The summed E-state index contributed by atoms with van der Waals surface area (Å²) in [6.45, 7) is 2.21. The molecule has 2 aromatic rings. The second kappa shape index (κ2) is 7.13. The number of allylic oxidation sites excluding steroid dienone is 1. The highest BCUT2D eigenvalue weighted by molar-refractivity contribution is 6.06. The first-order chi connectivity index (χ1) is 14.5. The Bertz CT molecular complexity index is 1080. The summed E-state index contributed by atoms with van der Waals surface area (Å²) in [6, 6.07) is 16.2. The zero-order valence-electron chi connectivity index (χ0n) is 17.7. The van der Waals surface area contributed by atoms with E-state index in [9.17, 15) is 4.79 Å². The highest BCUT2D eigenvalue weighted by Crippen LogP contribution is 2.60. The standard InChI is InChI=1S/C27H27NO2/c1-27-12-11-23-22-10-8-21(30-2)14-19(22)7-9-24(23)25(27)15-20(26(27)29)13-17-3-5-18(16-28)6-4-17/h3-6,8,10,13-14,23-25H,7,9,11-12,15H2,1-2H3/b20-13+. The summed E-state index contributed by atoms with van der Waals surface area (Å²) in [6.07, 6.45) is 7.22. The number of carbonyl (C=O) groups excluding carboxylic acids is 1. The second-order valence-corrected chi connectivity index (χ2v) is 9.37. The molecule has 3 aliphatic rings. The predicted molar refractivity (Wildman–Crippen MR) is 117 cm³/mol. The summed E-state index contributed by atoms with van der Waals surface area (Å²) >= 11 is 0. The number of ketones is 1. The normalized spacial score (nSPS) is 30.9. The van der Waals surface area contributed by atoms with E-state index in [-0.39, 0.29) is 5.41 Å². The van der Waals surface area contributed by atoms with Crippen molar-refractivity contribution >= 4 is 11.9 Å². The zero-order valence-corrected chi connectivity index (χ0v) is 17.7. The number of fused-ring (bicyclic) bond motifs is 5. The molecule has 2 aromatic carbocycles. The van der Waals surface area contributed by atoms with Gasteiger partial charge in [0.25, 0.3) is 0 Å². The number of aryl methyl sites for hydroxylation is 1. The topological polar surface area (TPSA) is 50.1 Å². The van der Waals surface area contributed by atoms with Crippen LogP contribution in [0, 0.1) is 28.6 Å². The van der Waals surface area contributed by atoms with Crippen LogP contribution in [0.4, 0.5) is 0 Å². The molecule has 0 radical (unpaired) electrons. The van der Waals surface area contributed by atoms with E-state index >= 15 is 0 Å². The Labute approximate surface area is 178 Å². The van der Waals surface area contributed by atoms with Crippen molar-refractivity contribution in [3.05, 3.63) is 70.3 Å². The average Bonchev–Trinajstić information content (AvgIpc) is 3.04. The van der Waals surface area contributed by atoms with E-state index in [0.717, 1.165) is 49.0 Å². The van der Waals surface area contributed by atoms with Gasteiger partial charge < -0.3 is 4.74 Å². The zero-order chi connectivity index (χ0) is 20.9. The number of benzene rings is 2. The summed E-state index contributed by atoms with van der Waals surface area (Å²) in [4.78, 5) is 13.5. The fourth-order valence-electron chi connectivity index (χ4n) is 6.34. The molecule has 0 bridgehead atoms. The molecule has 0 aromatic heterocycles. The summed E-state index contributed by atoms with van der Waals surface area (Å²) in [5.74, 6) is 2.83.